The van der Waals surface area contributed by atoms with E-state index in [9.17, 15) is 10.1 Å². The minimum atomic E-state index is -0.464. The smallest absolute Gasteiger partial charge is 0.266 e. The van der Waals surface area contributed by atoms with Gasteiger partial charge in [0.2, 0.25) is 0 Å². The predicted molar refractivity (Wildman–Crippen MR) is 123 cm³/mol. The SMILES string of the molecule is Cc1ccc(NC(=O)/C(C#N)=C/c2cc(C)n(-c3cccc(C)c3C)c2C)cc1Cl. The summed E-state index contributed by atoms with van der Waals surface area (Å²) in [6.07, 6.45) is 1.63. The number of benzene rings is 2. The van der Waals surface area contributed by atoms with Crippen molar-refractivity contribution in [3.05, 3.63) is 86.7 Å². The van der Waals surface area contributed by atoms with Gasteiger partial charge in [0.25, 0.3) is 5.91 Å². The first-order valence-electron chi connectivity index (χ1n) is 9.67. The van der Waals surface area contributed by atoms with Gasteiger partial charge in [0.15, 0.2) is 0 Å². The van der Waals surface area contributed by atoms with Crippen LogP contribution in [0.1, 0.15) is 33.6 Å². The minimum Gasteiger partial charge on any atom is -0.321 e. The number of nitrogens with one attached hydrogen (secondary N) is 1. The molecule has 0 saturated heterocycles. The maximum atomic E-state index is 12.7. The Morgan fingerprint density at radius 2 is 1.80 bits per heavy atom. The first-order chi connectivity index (χ1) is 14.2. The van der Waals surface area contributed by atoms with E-state index in [0.29, 0.717) is 10.7 Å². The number of carbonyl (C=O) groups is 1. The summed E-state index contributed by atoms with van der Waals surface area (Å²) in [6.45, 7) is 10.1. The number of anilines is 1. The summed E-state index contributed by atoms with van der Waals surface area (Å²) in [4.78, 5) is 12.7. The molecule has 0 saturated carbocycles. The van der Waals surface area contributed by atoms with Gasteiger partial charge in [-0.1, -0.05) is 29.8 Å². The van der Waals surface area contributed by atoms with Crippen LogP contribution in [0.15, 0.2) is 48.0 Å². The number of hydrogen-bond donors (Lipinski definition) is 1. The number of nitriles is 1. The molecule has 0 aliphatic heterocycles. The third-order valence-corrected chi connectivity index (χ3v) is 5.79. The summed E-state index contributed by atoms with van der Waals surface area (Å²) in [5, 5.41) is 12.9. The molecule has 30 heavy (non-hydrogen) atoms. The minimum absolute atomic E-state index is 0.0351. The van der Waals surface area contributed by atoms with Gasteiger partial charge >= 0.3 is 0 Å². The normalized spacial score (nSPS) is 11.3. The van der Waals surface area contributed by atoms with Gasteiger partial charge in [0, 0.05) is 27.8 Å². The summed E-state index contributed by atoms with van der Waals surface area (Å²) >= 11 is 6.13. The van der Waals surface area contributed by atoms with E-state index in [1.807, 2.05) is 45.0 Å². The van der Waals surface area contributed by atoms with Crippen LogP contribution in [0.25, 0.3) is 11.8 Å². The fourth-order valence-corrected chi connectivity index (χ4v) is 3.64. The van der Waals surface area contributed by atoms with E-state index in [2.05, 4.69) is 35.9 Å². The summed E-state index contributed by atoms with van der Waals surface area (Å²) in [5.41, 5.74) is 7.87. The van der Waals surface area contributed by atoms with Crippen LogP contribution in [0.5, 0.6) is 0 Å². The summed E-state index contributed by atoms with van der Waals surface area (Å²) < 4.78 is 2.15. The molecule has 1 heterocycles. The first kappa shape index (κ1) is 21.4. The fourth-order valence-electron chi connectivity index (χ4n) is 3.46. The molecule has 1 aromatic heterocycles. The highest BCUT2D eigenvalue weighted by Gasteiger charge is 2.15. The molecule has 0 unspecified atom stereocenters. The Morgan fingerprint density at radius 3 is 2.47 bits per heavy atom. The lowest BCUT2D eigenvalue weighted by Crippen LogP contribution is -2.13. The van der Waals surface area contributed by atoms with Crippen molar-refractivity contribution in [2.24, 2.45) is 0 Å². The zero-order valence-corrected chi connectivity index (χ0v) is 18.6. The van der Waals surface area contributed by atoms with Crippen molar-refractivity contribution in [2.45, 2.75) is 34.6 Å². The van der Waals surface area contributed by atoms with Crippen LogP contribution >= 0.6 is 11.6 Å². The highest BCUT2D eigenvalue weighted by atomic mass is 35.5. The Morgan fingerprint density at radius 1 is 1.07 bits per heavy atom. The van der Waals surface area contributed by atoms with E-state index < -0.39 is 5.91 Å². The van der Waals surface area contributed by atoms with E-state index in [0.717, 1.165) is 28.2 Å². The summed E-state index contributed by atoms with van der Waals surface area (Å²) in [7, 11) is 0. The van der Waals surface area contributed by atoms with Crippen LogP contribution in [0.3, 0.4) is 0 Å². The van der Waals surface area contributed by atoms with Gasteiger partial charge in [0.1, 0.15) is 11.6 Å². The van der Waals surface area contributed by atoms with E-state index >= 15 is 0 Å². The molecule has 0 fully saturated rings. The van der Waals surface area contributed by atoms with Gasteiger partial charge in [-0.25, -0.2) is 0 Å². The largest absolute Gasteiger partial charge is 0.321 e. The van der Waals surface area contributed by atoms with Crippen molar-refractivity contribution >= 4 is 29.3 Å². The van der Waals surface area contributed by atoms with Crippen LogP contribution in [0, 0.1) is 45.9 Å². The molecule has 2 aromatic carbocycles. The average molecular weight is 418 g/mol. The lowest BCUT2D eigenvalue weighted by Gasteiger charge is -2.14. The molecule has 0 aliphatic rings. The molecule has 0 bridgehead atoms. The van der Waals surface area contributed by atoms with Gasteiger partial charge < -0.3 is 9.88 Å². The van der Waals surface area contributed by atoms with Crippen molar-refractivity contribution in [2.75, 3.05) is 5.32 Å². The Hall–Kier alpha value is -3.29. The molecular weight excluding hydrogens is 394 g/mol. The lowest BCUT2D eigenvalue weighted by molar-refractivity contribution is -0.112. The topological polar surface area (TPSA) is 57.8 Å². The van der Waals surface area contributed by atoms with Gasteiger partial charge in [-0.05, 0) is 87.2 Å². The third kappa shape index (κ3) is 4.17. The number of halogens is 1. The van der Waals surface area contributed by atoms with Crippen LogP contribution < -0.4 is 5.32 Å². The van der Waals surface area contributed by atoms with E-state index in [1.165, 1.54) is 11.1 Å². The number of rotatable bonds is 4. The van der Waals surface area contributed by atoms with E-state index in [-0.39, 0.29) is 5.57 Å². The van der Waals surface area contributed by atoms with Crippen molar-refractivity contribution in [3.63, 3.8) is 0 Å². The fraction of sp³-hybridized carbons (Fsp3) is 0.200. The Kier molecular flexibility index (Phi) is 6.14. The van der Waals surface area contributed by atoms with Gasteiger partial charge in [0.05, 0.1) is 0 Å². The Labute approximate surface area is 182 Å². The molecular formula is C25H24ClN3O. The van der Waals surface area contributed by atoms with Crippen LogP contribution in [-0.2, 0) is 4.79 Å². The zero-order chi connectivity index (χ0) is 22.0. The monoisotopic (exact) mass is 417 g/mol. The van der Waals surface area contributed by atoms with Crippen molar-refractivity contribution in [1.82, 2.24) is 4.57 Å². The molecule has 5 heteroatoms. The molecule has 1 amide bonds. The Bertz CT molecular complexity index is 1210. The van der Waals surface area contributed by atoms with Gasteiger partial charge in [-0.2, -0.15) is 5.26 Å². The average Bonchev–Trinajstić information content (AvgIpc) is 2.98. The predicted octanol–water partition coefficient (Wildman–Crippen LogP) is 6.22. The lowest BCUT2D eigenvalue weighted by atomic mass is 10.1. The van der Waals surface area contributed by atoms with E-state index in [4.69, 9.17) is 11.6 Å². The molecule has 0 radical (unpaired) electrons. The zero-order valence-electron chi connectivity index (χ0n) is 17.8. The number of carbonyl (C=O) groups excluding carboxylic acids is 1. The molecule has 0 atom stereocenters. The van der Waals surface area contributed by atoms with Crippen molar-refractivity contribution < 1.29 is 4.79 Å². The van der Waals surface area contributed by atoms with Gasteiger partial charge in [-0.15, -0.1) is 0 Å². The number of amides is 1. The quantitative estimate of drug-likeness (QED) is 0.404. The maximum Gasteiger partial charge on any atom is 0.266 e. The van der Waals surface area contributed by atoms with E-state index in [1.54, 1.807) is 18.2 Å². The first-order valence-corrected chi connectivity index (χ1v) is 10.1. The highest BCUT2D eigenvalue weighted by molar-refractivity contribution is 6.31. The number of aromatic nitrogens is 1. The third-order valence-electron chi connectivity index (χ3n) is 5.38. The molecule has 0 aliphatic carbocycles. The molecule has 4 nitrogen and oxygen atoms in total. The van der Waals surface area contributed by atoms with Crippen LogP contribution in [-0.4, -0.2) is 10.5 Å². The molecule has 1 N–H and O–H groups in total. The summed E-state index contributed by atoms with van der Waals surface area (Å²) in [6, 6.07) is 15.5. The highest BCUT2D eigenvalue weighted by Crippen LogP contribution is 2.26. The number of aryl methyl sites for hydroxylation is 3. The maximum absolute atomic E-state index is 12.7. The molecule has 3 aromatic rings. The van der Waals surface area contributed by atoms with Gasteiger partial charge in [-0.3, -0.25) is 4.79 Å². The number of hydrogen-bond acceptors (Lipinski definition) is 2. The molecule has 3 rings (SSSR count). The van der Waals surface area contributed by atoms with Crippen molar-refractivity contribution in [1.29, 1.82) is 5.26 Å². The standard InChI is InChI=1S/C25H24ClN3O/c1-15-7-6-8-24(18(15)4)29-17(3)11-20(19(29)5)12-21(14-27)25(30)28-22-10-9-16(2)23(26)13-22/h6-13H,1-5H3,(H,28,30)/b21-12+. The second-order valence-electron chi connectivity index (χ2n) is 7.47. The molecule has 152 valence electrons. The number of nitrogens with zero attached hydrogens (tertiary/aromatic N) is 2. The second-order valence-corrected chi connectivity index (χ2v) is 7.88. The van der Waals surface area contributed by atoms with Crippen LogP contribution in [0.4, 0.5) is 5.69 Å². The second kappa shape index (κ2) is 8.61. The Balaban J connectivity index is 1.96. The molecule has 0 spiro atoms. The van der Waals surface area contributed by atoms with Crippen molar-refractivity contribution in [3.8, 4) is 11.8 Å². The summed E-state index contributed by atoms with van der Waals surface area (Å²) in [5.74, 6) is -0.464. The van der Waals surface area contributed by atoms with Crippen LogP contribution in [0.2, 0.25) is 5.02 Å².